The van der Waals surface area contributed by atoms with E-state index < -0.39 is 0 Å². The molecule has 0 spiro atoms. The standard InChI is InChI=1S/C21H16N2O/c24-22-15-19-18-13-7-8-14-20(18)23(17-11-5-2-6-12-17)21(19)16-9-3-1-4-10-16/h1-15,24H/b22-15+. The van der Waals surface area contributed by atoms with E-state index in [2.05, 4.69) is 46.1 Å². The van der Waals surface area contributed by atoms with Crippen molar-refractivity contribution in [2.75, 3.05) is 0 Å². The Morgan fingerprint density at radius 1 is 0.750 bits per heavy atom. The van der Waals surface area contributed by atoms with Crippen molar-refractivity contribution in [3.63, 3.8) is 0 Å². The van der Waals surface area contributed by atoms with Gasteiger partial charge in [0, 0.05) is 16.6 Å². The minimum Gasteiger partial charge on any atom is -0.411 e. The number of para-hydroxylation sites is 2. The normalized spacial score (nSPS) is 11.3. The van der Waals surface area contributed by atoms with Crippen molar-refractivity contribution in [3.05, 3.63) is 90.5 Å². The van der Waals surface area contributed by atoms with Crippen LogP contribution in [0, 0.1) is 0 Å². The Morgan fingerprint density at radius 2 is 1.38 bits per heavy atom. The Hall–Kier alpha value is -3.33. The molecule has 0 fully saturated rings. The summed E-state index contributed by atoms with van der Waals surface area (Å²) >= 11 is 0. The van der Waals surface area contributed by atoms with E-state index in [4.69, 9.17) is 0 Å². The summed E-state index contributed by atoms with van der Waals surface area (Å²) in [4.78, 5) is 0. The molecule has 3 aromatic carbocycles. The van der Waals surface area contributed by atoms with Gasteiger partial charge in [-0.05, 0) is 23.8 Å². The molecule has 0 aliphatic rings. The van der Waals surface area contributed by atoms with Crippen molar-refractivity contribution in [1.29, 1.82) is 0 Å². The van der Waals surface area contributed by atoms with Gasteiger partial charge in [0.05, 0.1) is 17.4 Å². The van der Waals surface area contributed by atoms with E-state index in [0.717, 1.165) is 33.4 Å². The first-order valence-electron chi connectivity index (χ1n) is 7.82. The topological polar surface area (TPSA) is 37.5 Å². The maximum absolute atomic E-state index is 9.19. The Morgan fingerprint density at radius 3 is 2.08 bits per heavy atom. The molecule has 0 bridgehead atoms. The van der Waals surface area contributed by atoms with Crippen molar-refractivity contribution in [3.8, 4) is 16.9 Å². The lowest BCUT2D eigenvalue weighted by Gasteiger charge is -2.12. The van der Waals surface area contributed by atoms with Crippen LogP contribution in [0.2, 0.25) is 0 Å². The first kappa shape index (κ1) is 14.3. The molecule has 3 heteroatoms. The number of rotatable bonds is 3. The number of fused-ring (bicyclic) bond motifs is 1. The largest absolute Gasteiger partial charge is 0.411 e. The smallest absolute Gasteiger partial charge is 0.0761 e. The molecule has 116 valence electrons. The van der Waals surface area contributed by atoms with Gasteiger partial charge in [0.1, 0.15) is 0 Å². The molecule has 0 unspecified atom stereocenters. The van der Waals surface area contributed by atoms with Crippen LogP contribution in [-0.2, 0) is 0 Å². The van der Waals surface area contributed by atoms with Crippen LogP contribution in [0.4, 0.5) is 0 Å². The first-order chi connectivity index (χ1) is 11.9. The minimum absolute atomic E-state index is 0.906. The Bertz CT molecular complexity index is 1000. The highest BCUT2D eigenvalue weighted by atomic mass is 16.4. The lowest BCUT2D eigenvalue weighted by molar-refractivity contribution is 0.322. The number of hydrogen-bond donors (Lipinski definition) is 1. The number of oxime groups is 1. The summed E-state index contributed by atoms with van der Waals surface area (Å²) in [7, 11) is 0. The molecule has 3 nitrogen and oxygen atoms in total. The van der Waals surface area contributed by atoms with Crippen LogP contribution < -0.4 is 0 Å². The fourth-order valence-corrected chi connectivity index (χ4v) is 3.18. The number of hydrogen-bond acceptors (Lipinski definition) is 2. The molecule has 0 saturated heterocycles. The van der Waals surface area contributed by atoms with Crippen LogP contribution in [0.1, 0.15) is 5.56 Å². The van der Waals surface area contributed by atoms with Crippen LogP contribution in [0.3, 0.4) is 0 Å². The molecule has 0 aliphatic carbocycles. The zero-order valence-electron chi connectivity index (χ0n) is 13.0. The van der Waals surface area contributed by atoms with Gasteiger partial charge in [-0.15, -0.1) is 0 Å². The van der Waals surface area contributed by atoms with E-state index in [9.17, 15) is 5.21 Å². The fraction of sp³-hybridized carbons (Fsp3) is 0. The summed E-state index contributed by atoms with van der Waals surface area (Å²) < 4.78 is 2.21. The molecule has 1 aromatic heterocycles. The molecule has 0 atom stereocenters. The van der Waals surface area contributed by atoms with Crippen molar-refractivity contribution in [1.82, 2.24) is 4.57 Å². The van der Waals surface area contributed by atoms with E-state index in [1.165, 1.54) is 6.21 Å². The number of benzene rings is 3. The molecule has 24 heavy (non-hydrogen) atoms. The van der Waals surface area contributed by atoms with Gasteiger partial charge in [0.25, 0.3) is 0 Å². The summed E-state index contributed by atoms with van der Waals surface area (Å²) in [6.07, 6.45) is 1.52. The second kappa shape index (κ2) is 6.05. The molecule has 0 aliphatic heterocycles. The quantitative estimate of drug-likeness (QED) is 0.319. The lowest BCUT2D eigenvalue weighted by atomic mass is 10.1. The van der Waals surface area contributed by atoms with E-state index >= 15 is 0 Å². The van der Waals surface area contributed by atoms with Gasteiger partial charge >= 0.3 is 0 Å². The van der Waals surface area contributed by atoms with Crippen LogP contribution in [-0.4, -0.2) is 16.0 Å². The summed E-state index contributed by atoms with van der Waals surface area (Å²) in [6.45, 7) is 0. The van der Waals surface area contributed by atoms with Crippen LogP contribution in [0.25, 0.3) is 27.8 Å². The second-order valence-electron chi connectivity index (χ2n) is 5.56. The highest BCUT2D eigenvalue weighted by Crippen LogP contribution is 2.35. The van der Waals surface area contributed by atoms with Gasteiger partial charge < -0.3 is 9.77 Å². The highest BCUT2D eigenvalue weighted by molar-refractivity contribution is 6.07. The van der Waals surface area contributed by atoms with E-state index in [1.54, 1.807) is 0 Å². The van der Waals surface area contributed by atoms with Crippen LogP contribution >= 0.6 is 0 Å². The van der Waals surface area contributed by atoms with E-state index in [0.29, 0.717) is 0 Å². The molecule has 1 heterocycles. The maximum Gasteiger partial charge on any atom is 0.0761 e. The van der Waals surface area contributed by atoms with Gasteiger partial charge in [-0.1, -0.05) is 71.9 Å². The Balaban J connectivity index is 2.17. The number of nitrogens with zero attached hydrogens (tertiary/aromatic N) is 2. The molecule has 4 rings (SSSR count). The lowest BCUT2D eigenvalue weighted by Crippen LogP contribution is -1.98. The summed E-state index contributed by atoms with van der Waals surface area (Å²) in [5.74, 6) is 0. The van der Waals surface area contributed by atoms with E-state index in [-0.39, 0.29) is 0 Å². The summed E-state index contributed by atoms with van der Waals surface area (Å²) in [5, 5.41) is 13.6. The third kappa shape index (κ3) is 2.27. The predicted molar refractivity (Wildman–Crippen MR) is 98.1 cm³/mol. The Kier molecular flexibility index (Phi) is 3.60. The molecule has 4 aromatic rings. The zero-order chi connectivity index (χ0) is 16.4. The van der Waals surface area contributed by atoms with E-state index in [1.807, 2.05) is 48.5 Å². The summed E-state index contributed by atoms with van der Waals surface area (Å²) in [5.41, 5.74) is 5.15. The fourth-order valence-electron chi connectivity index (χ4n) is 3.18. The predicted octanol–water partition coefficient (Wildman–Crippen LogP) is 5.11. The van der Waals surface area contributed by atoms with Gasteiger partial charge in [-0.3, -0.25) is 0 Å². The van der Waals surface area contributed by atoms with Crippen LogP contribution in [0.5, 0.6) is 0 Å². The van der Waals surface area contributed by atoms with Crippen molar-refractivity contribution < 1.29 is 5.21 Å². The second-order valence-corrected chi connectivity index (χ2v) is 5.56. The third-order valence-electron chi connectivity index (χ3n) is 4.16. The van der Waals surface area contributed by atoms with Crippen molar-refractivity contribution in [2.45, 2.75) is 0 Å². The van der Waals surface area contributed by atoms with Gasteiger partial charge in [-0.25, -0.2) is 0 Å². The van der Waals surface area contributed by atoms with Gasteiger partial charge in [0.2, 0.25) is 0 Å². The molecular formula is C21H16N2O. The average molecular weight is 312 g/mol. The molecular weight excluding hydrogens is 296 g/mol. The zero-order valence-corrected chi connectivity index (χ0v) is 13.0. The molecule has 0 saturated carbocycles. The summed E-state index contributed by atoms with van der Waals surface area (Å²) in [6, 6.07) is 28.6. The number of aromatic nitrogens is 1. The average Bonchev–Trinajstić information content (AvgIpc) is 2.98. The molecule has 0 amide bonds. The first-order valence-corrected chi connectivity index (χ1v) is 7.82. The Labute approximate surface area is 140 Å². The van der Waals surface area contributed by atoms with Crippen molar-refractivity contribution >= 4 is 17.1 Å². The monoisotopic (exact) mass is 312 g/mol. The van der Waals surface area contributed by atoms with Crippen molar-refractivity contribution in [2.24, 2.45) is 5.16 Å². The van der Waals surface area contributed by atoms with Crippen LogP contribution in [0.15, 0.2) is 90.1 Å². The minimum atomic E-state index is 0.906. The highest BCUT2D eigenvalue weighted by Gasteiger charge is 2.18. The maximum atomic E-state index is 9.19. The molecule has 1 N–H and O–H groups in total. The van der Waals surface area contributed by atoms with Gasteiger partial charge in [-0.2, -0.15) is 0 Å². The SMILES string of the molecule is O/N=C/c1c(-c2ccccc2)n(-c2ccccc2)c2ccccc12. The molecule has 0 radical (unpaired) electrons. The van der Waals surface area contributed by atoms with Gasteiger partial charge in [0.15, 0.2) is 0 Å². The third-order valence-corrected chi connectivity index (χ3v) is 4.16.